The summed E-state index contributed by atoms with van der Waals surface area (Å²) in [5.74, 6) is -0.152. The van der Waals surface area contributed by atoms with Crippen molar-refractivity contribution < 1.29 is 19.1 Å². The molecular formula is C11H13NO4. The van der Waals surface area contributed by atoms with Gasteiger partial charge in [0.15, 0.2) is 5.75 Å². The second-order valence-electron chi connectivity index (χ2n) is 2.94. The third-order valence-electron chi connectivity index (χ3n) is 1.65. The molecule has 0 unspecified atom stereocenters. The number of hydrogen-bond acceptors (Lipinski definition) is 4. The number of nitrogens with one attached hydrogen (secondary N) is 1. The first-order valence-electron chi connectivity index (χ1n) is 4.84. The molecule has 86 valence electrons. The zero-order valence-corrected chi connectivity index (χ0v) is 9.15. The molecule has 0 radical (unpaired) electrons. The maximum atomic E-state index is 11.2. The van der Waals surface area contributed by atoms with Crippen molar-refractivity contribution in [2.75, 3.05) is 11.9 Å². The molecule has 0 fully saturated rings. The average molecular weight is 223 g/mol. The Kier molecular flexibility index (Phi) is 4.32. The Morgan fingerprint density at radius 2 is 2.00 bits per heavy atom. The number of rotatable bonds is 3. The molecule has 0 aliphatic rings. The Morgan fingerprint density at radius 1 is 1.31 bits per heavy atom. The smallest absolute Gasteiger partial charge is 0.411 e. The molecule has 0 saturated carbocycles. The van der Waals surface area contributed by atoms with Gasteiger partial charge < -0.3 is 9.47 Å². The van der Waals surface area contributed by atoms with Gasteiger partial charge in [0, 0.05) is 6.92 Å². The topological polar surface area (TPSA) is 64.6 Å². The maximum Gasteiger partial charge on any atom is 0.411 e. The zero-order valence-electron chi connectivity index (χ0n) is 9.15. The molecule has 0 saturated heterocycles. The Hall–Kier alpha value is -2.04. The Bertz CT molecular complexity index is 389. The summed E-state index contributed by atoms with van der Waals surface area (Å²) in [6.45, 7) is 3.28. The number of ether oxygens (including phenoxy) is 2. The molecule has 0 aliphatic carbocycles. The molecule has 0 aromatic heterocycles. The van der Waals surface area contributed by atoms with E-state index in [1.807, 2.05) is 0 Å². The van der Waals surface area contributed by atoms with Crippen LogP contribution in [-0.4, -0.2) is 18.7 Å². The molecule has 1 rings (SSSR count). The summed E-state index contributed by atoms with van der Waals surface area (Å²) in [6, 6.07) is 6.63. The Balaban J connectivity index is 2.78. The van der Waals surface area contributed by atoms with E-state index < -0.39 is 12.1 Å². The summed E-state index contributed by atoms with van der Waals surface area (Å²) in [6.07, 6.45) is -0.581. The number of esters is 1. The van der Waals surface area contributed by atoms with Crippen molar-refractivity contribution in [1.29, 1.82) is 0 Å². The minimum atomic E-state index is -0.581. The number of amides is 1. The van der Waals surface area contributed by atoms with Crippen molar-refractivity contribution >= 4 is 17.7 Å². The number of anilines is 1. The highest BCUT2D eigenvalue weighted by molar-refractivity contribution is 5.87. The fourth-order valence-corrected chi connectivity index (χ4v) is 1.09. The zero-order chi connectivity index (χ0) is 12.0. The minimum Gasteiger partial charge on any atom is -0.450 e. The lowest BCUT2D eigenvalue weighted by Crippen LogP contribution is -2.14. The van der Waals surface area contributed by atoms with Crippen LogP contribution in [0.1, 0.15) is 13.8 Å². The third-order valence-corrected chi connectivity index (χ3v) is 1.65. The minimum absolute atomic E-state index is 0.279. The lowest BCUT2D eigenvalue weighted by Gasteiger charge is -2.09. The van der Waals surface area contributed by atoms with Gasteiger partial charge in [-0.1, -0.05) is 12.1 Å². The highest BCUT2D eigenvalue weighted by atomic mass is 16.6. The number of carbonyl (C=O) groups excluding carboxylic acids is 2. The number of hydrogen-bond donors (Lipinski definition) is 1. The third kappa shape index (κ3) is 3.61. The van der Waals surface area contributed by atoms with E-state index in [0.717, 1.165) is 0 Å². The van der Waals surface area contributed by atoms with Crippen LogP contribution in [0.3, 0.4) is 0 Å². The van der Waals surface area contributed by atoms with Gasteiger partial charge >= 0.3 is 12.1 Å². The maximum absolute atomic E-state index is 11.2. The number of para-hydroxylation sites is 2. The van der Waals surface area contributed by atoms with Crippen LogP contribution in [0.25, 0.3) is 0 Å². The Labute approximate surface area is 93.4 Å². The SMILES string of the molecule is CCOC(=O)Nc1ccccc1OC(C)=O. The summed E-state index contributed by atoms with van der Waals surface area (Å²) in [4.78, 5) is 22.0. The van der Waals surface area contributed by atoms with Gasteiger partial charge in [0.05, 0.1) is 12.3 Å². The fraction of sp³-hybridized carbons (Fsp3) is 0.273. The largest absolute Gasteiger partial charge is 0.450 e. The van der Waals surface area contributed by atoms with Crippen LogP contribution in [0, 0.1) is 0 Å². The molecule has 1 aromatic rings. The molecule has 1 N–H and O–H groups in total. The quantitative estimate of drug-likeness (QED) is 0.630. The average Bonchev–Trinajstić information content (AvgIpc) is 2.20. The summed E-state index contributed by atoms with van der Waals surface area (Å²) in [5, 5.41) is 2.48. The van der Waals surface area contributed by atoms with E-state index in [2.05, 4.69) is 5.32 Å². The first-order valence-corrected chi connectivity index (χ1v) is 4.84. The van der Waals surface area contributed by atoms with Crippen molar-refractivity contribution in [2.24, 2.45) is 0 Å². The summed E-state index contributed by atoms with van der Waals surface area (Å²) in [5.41, 5.74) is 0.399. The molecule has 1 aromatic carbocycles. The number of carbonyl (C=O) groups is 2. The van der Waals surface area contributed by atoms with Crippen LogP contribution in [0.5, 0.6) is 5.75 Å². The Morgan fingerprint density at radius 3 is 2.62 bits per heavy atom. The van der Waals surface area contributed by atoms with E-state index in [9.17, 15) is 9.59 Å². The first kappa shape index (κ1) is 12.0. The van der Waals surface area contributed by atoms with Gasteiger partial charge in [-0.25, -0.2) is 4.79 Å². The van der Waals surface area contributed by atoms with E-state index in [1.165, 1.54) is 6.92 Å². The molecular weight excluding hydrogens is 210 g/mol. The van der Waals surface area contributed by atoms with Crippen LogP contribution < -0.4 is 10.1 Å². The molecule has 5 heteroatoms. The molecule has 1 amide bonds. The van der Waals surface area contributed by atoms with Crippen molar-refractivity contribution in [1.82, 2.24) is 0 Å². The van der Waals surface area contributed by atoms with Crippen LogP contribution in [0.15, 0.2) is 24.3 Å². The number of benzene rings is 1. The highest BCUT2D eigenvalue weighted by Crippen LogP contribution is 2.23. The van der Waals surface area contributed by atoms with E-state index in [0.29, 0.717) is 11.4 Å². The van der Waals surface area contributed by atoms with E-state index >= 15 is 0 Å². The fourth-order valence-electron chi connectivity index (χ4n) is 1.09. The predicted molar refractivity (Wildman–Crippen MR) is 58.4 cm³/mol. The van der Waals surface area contributed by atoms with Gasteiger partial charge in [-0.3, -0.25) is 10.1 Å². The van der Waals surface area contributed by atoms with Crippen molar-refractivity contribution in [3.63, 3.8) is 0 Å². The molecule has 0 spiro atoms. The normalized spacial score (nSPS) is 9.38. The van der Waals surface area contributed by atoms with Gasteiger partial charge in [-0.2, -0.15) is 0 Å². The van der Waals surface area contributed by atoms with Crippen LogP contribution in [-0.2, 0) is 9.53 Å². The van der Waals surface area contributed by atoms with E-state index in [-0.39, 0.29) is 6.61 Å². The molecule has 0 heterocycles. The summed E-state index contributed by atoms with van der Waals surface area (Å²) < 4.78 is 9.63. The molecule has 0 aliphatic heterocycles. The first-order chi connectivity index (χ1) is 7.63. The molecule has 0 bridgehead atoms. The van der Waals surface area contributed by atoms with Crippen molar-refractivity contribution in [2.45, 2.75) is 13.8 Å². The van der Waals surface area contributed by atoms with E-state index in [1.54, 1.807) is 31.2 Å². The van der Waals surface area contributed by atoms with Crippen molar-refractivity contribution in [3.05, 3.63) is 24.3 Å². The standard InChI is InChI=1S/C11H13NO4/c1-3-15-11(14)12-9-6-4-5-7-10(9)16-8(2)13/h4-7H,3H2,1-2H3,(H,12,14). The summed E-state index contributed by atoms with van der Waals surface area (Å²) >= 11 is 0. The van der Waals surface area contributed by atoms with Crippen LogP contribution >= 0.6 is 0 Å². The van der Waals surface area contributed by atoms with Gasteiger partial charge in [0.25, 0.3) is 0 Å². The molecule has 16 heavy (non-hydrogen) atoms. The van der Waals surface area contributed by atoms with Crippen molar-refractivity contribution in [3.8, 4) is 5.75 Å². The monoisotopic (exact) mass is 223 g/mol. The lowest BCUT2D eigenvalue weighted by molar-refractivity contribution is -0.131. The molecule has 0 atom stereocenters. The van der Waals surface area contributed by atoms with Gasteiger partial charge in [0.2, 0.25) is 0 Å². The molecule has 5 nitrogen and oxygen atoms in total. The van der Waals surface area contributed by atoms with Gasteiger partial charge in [0.1, 0.15) is 0 Å². The lowest BCUT2D eigenvalue weighted by atomic mass is 10.3. The van der Waals surface area contributed by atoms with Crippen LogP contribution in [0.2, 0.25) is 0 Å². The van der Waals surface area contributed by atoms with Gasteiger partial charge in [-0.15, -0.1) is 0 Å². The predicted octanol–water partition coefficient (Wildman–Crippen LogP) is 2.18. The van der Waals surface area contributed by atoms with Crippen LogP contribution in [0.4, 0.5) is 10.5 Å². The van der Waals surface area contributed by atoms with Gasteiger partial charge in [-0.05, 0) is 19.1 Å². The van der Waals surface area contributed by atoms with E-state index in [4.69, 9.17) is 9.47 Å². The highest BCUT2D eigenvalue weighted by Gasteiger charge is 2.08. The summed E-state index contributed by atoms with van der Waals surface area (Å²) in [7, 11) is 0. The second kappa shape index (κ2) is 5.75. The second-order valence-corrected chi connectivity index (χ2v) is 2.94.